The Kier molecular flexibility index (Phi) is 86.7. The first kappa shape index (κ1) is 112. The minimum Gasteiger partial charge on any atom is -0.463 e. The number of hydrogen-bond donors (Lipinski definition) is 4. The number of phosphoric acid groups is 2. The van der Waals surface area contributed by atoms with Crippen LogP contribution in [0.2, 0.25) is 0 Å². The normalized spacial score (nSPS) is 14.5. The molecule has 5 unspecified atom stereocenters. The van der Waals surface area contributed by atoms with E-state index >= 15 is 0 Å². The highest BCUT2D eigenvalue weighted by atomic mass is 31.2. The molecule has 0 saturated carbocycles. The van der Waals surface area contributed by atoms with Gasteiger partial charge in [-0.15, -0.1) is 0 Å². The van der Waals surface area contributed by atoms with Crippen molar-refractivity contribution < 1.29 is 75.8 Å². The molecule has 16 nitrogen and oxygen atoms in total. The predicted octanol–water partition coefficient (Wildman–Crippen LogP) is 28.9. The molecule has 0 fully saturated rings. The van der Waals surface area contributed by atoms with E-state index in [0.29, 0.717) is 19.3 Å². The first-order valence-corrected chi connectivity index (χ1v) is 49.8. The first-order chi connectivity index (χ1) is 57.2. The predicted molar refractivity (Wildman–Crippen MR) is 491 cm³/mol. The van der Waals surface area contributed by atoms with Crippen LogP contribution in [0, 0.1) is 0 Å². The number of unbranched alkanes of at least 4 members (excludes halogenated alkanes) is 39. The molecule has 0 saturated heterocycles. The average Bonchev–Trinajstić information content (AvgIpc) is 0.901. The van der Waals surface area contributed by atoms with Gasteiger partial charge in [0.15, 0.2) is 6.10 Å². The van der Waals surface area contributed by atoms with Crippen LogP contribution in [0.15, 0.2) is 158 Å². The van der Waals surface area contributed by atoms with Crippen molar-refractivity contribution in [2.45, 2.75) is 411 Å². The molecule has 4 N–H and O–H groups in total. The maximum Gasteiger partial charge on any atom is 0.472 e. The lowest BCUT2D eigenvalue weighted by atomic mass is 10.0. The molecule has 0 rings (SSSR count). The minimum absolute atomic E-state index is 0.0856. The summed E-state index contributed by atoms with van der Waals surface area (Å²) in [6, 6.07) is 0. The number of esters is 3. The van der Waals surface area contributed by atoms with Crippen LogP contribution < -0.4 is 0 Å². The van der Waals surface area contributed by atoms with Crippen LogP contribution in [0.3, 0.4) is 0 Å². The zero-order valence-corrected chi connectivity index (χ0v) is 75.9. The summed E-state index contributed by atoms with van der Waals surface area (Å²) >= 11 is 0. The second kappa shape index (κ2) is 90.4. The number of hydrogen-bond acceptors (Lipinski definition) is 14. The van der Waals surface area contributed by atoms with Gasteiger partial charge in [-0.05, 0) is 148 Å². The number of phosphoric ester groups is 2. The van der Waals surface area contributed by atoms with E-state index in [2.05, 4.69) is 179 Å². The van der Waals surface area contributed by atoms with Crippen LogP contribution in [-0.4, -0.2) is 95.9 Å². The van der Waals surface area contributed by atoms with E-state index in [1.54, 1.807) is 0 Å². The maximum atomic E-state index is 13.1. The van der Waals surface area contributed by atoms with Crippen LogP contribution in [-0.2, 0) is 55.8 Å². The molecule has 5 atom stereocenters. The summed E-state index contributed by atoms with van der Waals surface area (Å²) in [5, 5.41) is 20.7. The van der Waals surface area contributed by atoms with E-state index in [4.69, 9.17) is 32.3 Å². The SMILES string of the molecule is CC/C=C\C/C=C\C/C=C\C/C=C\C/C=C\CCCCCCCCCCCCCCCCCCCC(=O)OCC(O)COP(=O)(O)OCC(O)COP(=O)(O)OCC(COC(=O)CCCCCCCCCCCCCCC/C=C\C/C=C\C/C=C\C/C=C\CCCCC)OC(=O)CCCCCCCC/C=C\C/C=C\C/C=C\C/C=C\CC. The number of carbonyl (C=O) groups is 3. The molecule has 117 heavy (non-hydrogen) atoms. The Hall–Kier alpha value is -4.83. The van der Waals surface area contributed by atoms with Crippen LogP contribution in [0.1, 0.15) is 393 Å². The van der Waals surface area contributed by atoms with E-state index < -0.39 is 91.5 Å². The van der Waals surface area contributed by atoms with E-state index in [0.717, 1.165) is 167 Å². The zero-order valence-electron chi connectivity index (χ0n) is 74.1. The Balaban J connectivity index is 4.53. The zero-order chi connectivity index (χ0) is 85.1. The Morgan fingerprint density at radius 2 is 0.453 bits per heavy atom. The lowest BCUT2D eigenvalue weighted by molar-refractivity contribution is -0.161. The van der Waals surface area contributed by atoms with Crippen molar-refractivity contribution in [3.05, 3.63) is 158 Å². The van der Waals surface area contributed by atoms with Crippen molar-refractivity contribution in [3.8, 4) is 0 Å². The van der Waals surface area contributed by atoms with Gasteiger partial charge in [-0.25, -0.2) is 9.13 Å². The van der Waals surface area contributed by atoms with E-state index in [1.165, 1.54) is 167 Å². The Labute approximate surface area is 714 Å². The molecule has 0 aromatic rings. The number of aliphatic hydroxyl groups excluding tert-OH is 2. The Morgan fingerprint density at radius 1 is 0.248 bits per heavy atom. The Bertz CT molecular complexity index is 2760. The van der Waals surface area contributed by atoms with Crippen molar-refractivity contribution >= 4 is 33.6 Å². The van der Waals surface area contributed by atoms with Crippen LogP contribution in [0.25, 0.3) is 0 Å². The van der Waals surface area contributed by atoms with Crippen LogP contribution in [0.4, 0.5) is 0 Å². The average molecular weight is 1680 g/mol. The quantitative estimate of drug-likeness (QED) is 0.0146. The van der Waals surface area contributed by atoms with Crippen molar-refractivity contribution in [1.82, 2.24) is 0 Å². The lowest BCUT2D eigenvalue weighted by Gasteiger charge is -2.21. The summed E-state index contributed by atoms with van der Waals surface area (Å²) in [4.78, 5) is 59.0. The standard InChI is InChI=1S/C99H170O16P2/c1-4-7-10-13-16-19-22-25-28-31-34-36-38-40-42-44-45-46-47-49-51-52-54-56-59-61-64-67-70-73-76-79-82-85-97(102)109-88-94(100)89-111-116(105,106)112-90-95(101)91-113-117(107,108)114-93-96(115-99(104)87-84-81-78-75-72-69-66-63-58-33-30-27-24-21-18-15-12-9-6-3)92-110-98(103)86-83-80-77-74-71-68-65-62-60-57-55-53-50-48-43-41-39-37-35-32-29-26-23-20-17-14-11-8-5-2/h7,9-10,12,16-21,25-30,34-37,40-43,58,63,94-96,100-101H,4-6,8,11,13-15,22-24,31-33,38-39,44-57,59-62,64-93H2,1-3H3,(H,105,106)(H,107,108)/b10-7-,12-9-,19-16-,20-17-,21-18-,28-25-,29-26-,30-27-,36-34-,37-35-,42-40-,43-41-,63-58-. The minimum atomic E-state index is -4.95. The maximum absolute atomic E-state index is 13.1. The number of aliphatic hydroxyl groups is 2. The summed E-state index contributed by atoms with van der Waals surface area (Å²) in [7, 11) is -9.81. The second-order valence-corrected chi connectivity index (χ2v) is 34.0. The number of carbonyl (C=O) groups excluding carboxylic acids is 3. The molecule has 0 amide bonds. The van der Waals surface area contributed by atoms with Crippen molar-refractivity contribution in [2.24, 2.45) is 0 Å². The molecule has 672 valence electrons. The van der Waals surface area contributed by atoms with Gasteiger partial charge < -0.3 is 34.2 Å². The van der Waals surface area contributed by atoms with Crippen LogP contribution >= 0.6 is 15.6 Å². The molecular formula is C99H170O16P2. The fourth-order valence-corrected chi connectivity index (χ4v) is 14.3. The molecule has 0 aliphatic heterocycles. The van der Waals surface area contributed by atoms with E-state index in [9.17, 15) is 43.5 Å². The highest BCUT2D eigenvalue weighted by Crippen LogP contribution is 2.45. The smallest absolute Gasteiger partial charge is 0.463 e. The molecule has 0 aromatic carbocycles. The molecule has 18 heteroatoms. The highest BCUT2D eigenvalue weighted by molar-refractivity contribution is 7.47. The first-order valence-electron chi connectivity index (χ1n) is 46.8. The molecule has 0 aliphatic rings. The highest BCUT2D eigenvalue weighted by Gasteiger charge is 2.29. The van der Waals surface area contributed by atoms with Gasteiger partial charge in [0.05, 0.1) is 26.4 Å². The van der Waals surface area contributed by atoms with Gasteiger partial charge in [-0.2, -0.15) is 0 Å². The van der Waals surface area contributed by atoms with Crippen LogP contribution in [0.5, 0.6) is 0 Å². The molecule has 0 radical (unpaired) electrons. The summed E-state index contributed by atoms with van der Waals surface area (Å²) < 4.78 is 61.5. The van der Waals surface area contributed by atoms with Gasteiger partial charge in [0.25, 0.3) is 0 Å². The van der Waals surface area contributed by atoms with Gasteiger partial charge in [0.2, 0.25) is 0 Å². The number of ether oxygens (including phenoxy) is 3. The summed E-state index contributed by atoms with van der Waals surface area (Å²) in [5.41, 5.74) is 0. The summed E-state index contributed by atoms with van der Waals surface area (Å²) in [5.74, 6) is -1.58. The lowest BCUT2D eigenvalue weighted by Crippen LogP contribution is -2.30. The number of allylic oxidation sites excluding steroid dienone is 26. The van der Waals surface area contributed by atoms with Gasteiger partial charge in [-0.1, -0.05) is 384 Å². The van der Waals surface area contributed by atoms with Crippen molar-refractivity contribution in [1.29, 1.82) is 0 Å². The van der Waals surface area contributed by atoms with E-state index in [-0.39, 0.29) is 19.3 Å². The fourth-order valence-electron chi connectivity index (χ4n) is 12.7. The van der Waals surface area contributed by atoms with Crippen molar-refractivity contribution in [2.75, 3.05) is 39.6 Å². The fraction of sp³-hybridized carbons (Fsp3) is 0.707. The monoisotopic (exact) mass is 1680 g/mol. The molecule has 0 bridgehead atoms. The molecule has 0 aliphatic carbocycles. The van der Waals surface area contributed by atoms with Gasteiger partial charge in [-0.3, -0.25) is 32.5 Å². The largest absolute Gasteiger partial charge is 0.472 e. The van der Waals surface area contributed by atoms with E-state index in [1.807, 2.05) is 0 Å². The molecule has 0 spiro atoms. The third-order valence-electron chi connectivity index (χ3n) is 19.7. The third kappa shape index (κ3) is 91.7. The van der Waals surface area contributed by atoms with Crippen molar-refractivity contribution in [3.63, 3.8) is 0 Å². The third-order valence-corrected chi connectivity index (χ3v) is 21.6. The topological polar surface area (TPSA) is 231 Å². The van der Waals surface area contributed by atoms with Gasteiger partial charge >= 0.3 is 33.6 Å². The molecular weight excluding hydrogens is 1510 g/mol. The number of rotatable bonds is 88. The summed E-state index contributed by atoms with van der Waals surface area (Å²) in [6.07, 6.45) is 116. The summed E-state index contributed by atoms with van der Waals surface area (Å²) in [6.45, 7) is 2.46. The Morgan fingerprint density at radius 3 is 0.718 bits per heavy atom. The molecule has 0 aromatic heterocycles. The second-order valence-electron chi connectivity index (χ2n) is 31.0. The van der Waals surface area contributed by atoms with Gasteiger partial charge in [0.1, 0.15) is 25.4 Å². The molecule has 0 heterocycles. The van der Waals surface area contributed by atoms with Gasteiger partial charge in [0, 0.05) is 19.3 Å².